The molecule has 164 valence electrons. The molecule has 0 radical (unpaired) electrons. The average Bonchev–Trinajstić information content (AvgIpc) is 2.74. The smallest absolute Gasteiger partial charge is 0.350 e. The third-order valence-electron chi connectivity index (χ3n) is 4.98. The molecule has 0 spiro atoms. The van der Waals surface area contributed by atoms with Crippen molar-refractivity contribution in [2.75, 3.05) is 19.3 Å². The maximum atomic E-state index is 11.2. The van der Waals surface area contributed by atoms with Crippen LogP contribution in [-0.4, -0.2) is 24.2 Å². The third kappa shape index (κ3) is 8.39. The molecule has 0 saturated carbocycles. The van der Waals surface area contributed by atoms with E-state index in [0.29, 0.717) is 19.5 Å². The zero-order chi connectivity index (χ0) is 21.8. The summed E-state index contributed by atoms with van der Waals surface area (Å²) in [5.74, 6) is 0.952. The monoisotopic (exact) mass is 432 g/mol. The van der Waals surface area contributed by atoms with Crippen molar-refractivity contribution in [2.24, 2.45) is 4.95 Å². The predicted octanol–water partition coefficient (Wildman–Crippen LogP) is 6.05. The molecule has 2 aromatic carbocycles. The van der Waals surface area contributed by atoms with Crippen LogP contribution in [0.25, 0.3) is 11.1 Å². The van der Waals surface area contributed by atoms with Gasteiger partial charge in [0.15, 0.2) is 0 Å². The molecule has 2 rings (SSSR count). The van der Waals surface area contributed by atoms with Crippen LogP contribution in [0.3, 0.4) is 0 Å². The number of nitrogens with zero attached hydrogens (tertiary/aromatic N) is 1. The van der Waals surface area contributed by atoms with Gasteiger partial charge in [0.1, 0.15) is 5.75 Å². The van der Waals surface area contributed by atoms with E-state index in [1.54, 1.807) is 0 Å². The van der Waals surface area contributed by atoms with Crippen LogP contribution in [0.4, 0.5) is 0 Å². The van der Waals surface area contributed by atoms with Crippen molar-refractivity contribution < 1.29 is 14.2 Å². The molecule has 30 heavy (non-hydrogen) atoms. The normalized spacial score (nSPS) is 13.0. The molecule has 0 aliphatic heterocycles. The van der Waals surface area contributed by atoms with Gasteiger partial charge in [0, 0.05) is 17.7 Å². The number of aryl methyl sites for hydroxylation is 1. The molecule has 7 heteroatoms. The maximum absolute atomic E-state index is 11.2. The highest BCUT2D eigenvalue weighted by Gasteiger charge is 2.17. The van der Waals surface area contributed by atoms with Gasteiger partial charge < -0.3 is 14.9 Å². The first-order chi connectivity index (χ1) is 14.4. The van der Waals surface area contributed by atoms with E-state index < -0.39 is 7.52 Å². The summed E-state index contributed by atoms with van der Waals surface area (Å²) in [4.78, 5) is 21.6. The molecule has 0 aliphatic rings. The van der Waals surface area contributed by atoms with Crippen molar-refractivity contribution in [1.29, 1.82) is 0 Å². The quantitative estimate of drug-likeness (QED) is 0.215. The molecule has 0 amide bonds. The first-order valence-corrected chi connectivity index (χ1v) is 12.4. The summed E-state index contributed by atoms with van der Waals surface area (Å²) in [5.41, 5.74) is 4.57. The third-order valence-corrected chi connectivity index (χ3v) is 6.13. The minimum atomic E-state index is -3.82. The Morgan fingerprint density at radius 1 is 1.03 bits per heavy atom. The molecule has 2 N–H and O–H groups in total. The number of nitroso groups, excluding NO2 is 1. The van der Waals surface area contributed by atoms with Crippen molar-refractivity contribution >= 4 is 7.52 Å². The molecular formula is C23H33N2O4P. The number of benzene rings is 2. The van der Waals surface area contributed by atoms with E-state index in [1.165, 1.54) is 19.3 Å². The zero-order valence-corrected chi connectivity index (χ0v) is 18.9. The van der Waals surface area contributed by atoms with Crippen LogP contribution in [-0.2, 0) is 11.1 Å². The van der Waals surface area contributed by atoms with Gasteiger partial charge in [0.05, 0.1) is 6.61 Å². The fourth-order valence-electron chi connectivity index (χ4n) is 3.20. The van der Waals surface area contributed by atoms with E-state index in [1.807, 2.05) is 6.07 Å². The van der Waals surface area contributed by atoms with Crippen LogP contribution in [0.1, 0.15) is 50.2 Å². The highest BCUT2D eigenvalue weighted by molar-refractivity contribution is 7.56. The summed E-state index contributed by atoms with van der Waals surface area (Å²) in [6, 6.07) is 14.6. The lowest BCUT2D eigenvalue weighted by Crippen LogP contribution is -2.15. The van der Waals surface area contributed by atoms with E-state index in [2.05, 4.69) is 60.5 Å². The Morgan fingerprint density at radius 3 is 2.43 bits per heavy atom. The van der Waals surface area contributed by atoms with Crippen LogP contribution in [0.15, 0.2) is 47.4 Å². The van der Waals surface area contributed by atoms with Crippen LogP contribution in [0.2, 0.25) is 0 Å². The van der Waals surface area contributed by atoms with Gasteiger partial charge in [-0.05, 0) is 60.7 Å². The number of hydrogen-bond acceptors (Lipinski definition) is 4. The van der Waals surface area contributed by atoms with Crippen molar-refractivity contribution in [3.63, 3.8) is 0 Å². The second-order valence-electron chi connectivity index (χ2n) is 7.59. The van der Waals surface area contributed by atoms with E-state index in [9.17, 15) is 9.47 Å². The first kappa shape index (κ1) is 24.3. The molecule has 0 saturated heterocycles. The van der Waals surface area contributed by atoms with Crippen LogP contribution >= 0.6 is 7.52 Å². The second-order valence-corrected chi connectivity index (χ2v) is 9.53. The summed E-state index contributed by atoms with van der Waals surface area (Å²) in [6.45, 7) is 6.27. The summed E-state index contributed by atoms with van der Waals surface area (Å²) < 4.78 is 17.1. The van der Waals surface area contributed by atoms with E-state index in [0.717, 1.165) is 41.0 Å². The summed E-state index contributed by atoms with van der Waals surface area (Å²) >= 11 is 0. The predicted molar refractivity (Wildman–Crippen MR) is 123 cm³/mol. The second kappa shape index (κ2) is 12.6. The van der Waals surface area contributed by atoms with Gasteiger partial charge in [-0.3, -0.25) is 4.57 Å². The summed E-state index contributed by atoms with van der Waals surface area (Å²) in [5, 5.41) is 3.21. The highest BCUT2D eigenvalue weighted by Crippen LogP contribution is 2.41. The van der Waals surface area contributed by atoms with Crippen molar-refractivity contribution in [3.8, 4) is 16.9 Å². The molecule has 1 unspecified atom stereocenters. The van der Waals surface area contributed by atoms with E-state index in [-0.39, 0.29) is 6.16 Å². The van der Waals surface area contributed by atoms with Gasteiger partial charge in [0.2, 0.25) is 0 Å². The van der Waals surface area contributed by atoms with Gasteiger partial charge in [0.25, 0.3) is 0 Å². The number of ether oxygens (including phenoxy) is 1. The standard InChI is InChI=1S/C23H33N2O4P/c1-3-4-5-6-15-29-23-13-12-22(17-19(23)2)21-10-8-20(9-11-21)18-24-14-7-16-30(27,28)25-26/h8-13,17,24H,3-7,14-16,18H2,1-2H3,(H,27,28). The molecule has 0 fully saturated rings. The van der Waals surface area contributed by atoms with Gasteiger partial charge in [-0.15, -0.1) is 4.91 Å². The molecule has 0 heterocycles. The molecule has 0 aliphatic carbocycles. The van der Waals surface area contributed by atoms with Crippen molar-refractivity contribution in [1.82, 2.24) is 5.32 Å². The Kier molecular flexibility index (Phi) is 10.2. The largest absolute Gasteiger partial charge is 0.493 e. The lowest BCUT2D eigenvalue weighted by molar-refractivity contribution is 0.303. The molecular weight excluding hydrogens is 399 g/mol. The van der Waals surface area contributed by atoms with Gasteiger partial charge in [-0.1, -0.05) is 56.5 Å². The first-order valence-electron chi connectivity index (χ1n) is 10.7. The number of nitrogens with one attached hydrogen (secondary N) is 1. The van der Waals surface area contributed by atoms with E-state index in [4.69, 9.17) is 9.63 Å². The van der Waals surface area contributed by atoms with Crippen molar-refractivity contribution in [2.45, 2.75) is 52.5 Å². The van der Waals surface area contributed by atoms with Crippen molar-refractivity contribution in [3.05, 3.63) is 58.5 Å². The minimum Gasteiger partial charge on any atom is -0.493 e. The number of hydrogen-bond donors (Lipinski definition) is 2. The fraction of sp³-hybridized carbons (Fsp3) is 0.478. The Morgan fingerprint density at radius 2 is 1.77 bits per heavy atom. The zero-order valence-electron chi connectivity index (χ0n) is 18.0. The van der Waals surface area contributed by atoms with E-state index >= 15 is 0 Å². The molecule has 0 aromatic heterocycles. The number of rotatable bonds is 14. The SMILES string of the molecule is CCCCCCOc1ccc(-c2ccc(CNCCCP(=O)(O)N=O)cc2)cc1C. The van der Waals surface area contributed by atoms with Crippen LogP contribution in [0, 0.1) is 11.8 Å². The molecule has 6 nitrogen and oxygen atoms in total. The molecule has 1 atom stereocenters. The molecule has 2 aromatic rings. The fourth-order valence-corrected chi connectivity index (χ4v) is 3.85. The highest BCUT2D eigenvalue weighted by atomic mass is 31.2. The molecule has 0 bridgehead atoms. The van der Waals surface area contributed by atoms with Crippen LogP contribution < -0.4 is 10.1 Å². The Labute approximate surface area is 179 Å². The summed E-state index contributed by atoms with van der Waals surface area (Å²) in [7, 11) is -3.82. The lowest BCUT2D eigenvalue weighted by atomic mass is 10.0. The maximum Gasteiger partial charge on any atom is 0.350 e. The topological polar surface area (TPSA) is 88.0 Å². The lowest BCUT2D eigenvalue weighted by Gasteiger charge is -2.11. The number of unbranched alkanes of at least 4 members (excludes halogenated alkanes) is 3. The van der Waals surface area contributed by atoms with Gasteiger partial charge in [-0.2, -0.15) is 0 Å². The minimum absolute atomic E-state index is 0.0831. The van der Waals surface area contributed by atoms with Gasteiger partial charge in [-0.25, -0.2) is 0 Å². The summed E-state index contributed by atoms with van der Waals surface area (Å²) in [6.07, 6.45) is 5.15. The Balaban J connectivity index is 1.82. The average molecular weight is 433 g/mol. The Bertz CT molecular complexity index is 840. The Hall–Kier alpha value is -2.01. The van der Waals surface area contributed by atoms with Gasteiger partial charge >= 0.3 is 7.52 Å². The van der Waals surface area contributed by atoms with Crippen LogP contribution in [0.5, 0.6) is 5.75 Å².